The number of fused-ring (bicyclic) bond motifs is 14. The minimum Gasteiger partial charge on any atom is -0.455 e. The van der Waals surface area contributed by atoms with Gasteiger partial charge in [-0.3, -0.25) is 0 Å². The van der Waals surface area contributed by atoms with Crippen LogP contribution in [0.2, 0.25) is 0 Å². The highest BCUT2D eigenvalue weighted by Crippen LogP contribution is 2.50. The van der Waals surface area contributed by atoms with Gasteiger partial charge in [-0.05, 0) is 73.8 Å². The molecular weight excluding hydrogens is 717 g/mol. The van der Waals surface area contributed by atoms with Gasteiger partial charge in [-0.2, -0.15) is 0 Å². The molecule has 0 fully saturated rings. The van der Waals surface area contributed by atoms with Gasteiger partial charge in [0.1, 0.15) is 11.2 Å². The summed E-state index contributed by atoms with van der Waals surface area (Å²) in [4.78, 5) is 10.9. The normalized spacial score (nSPS) is 12.1. The Morgan fingerprint density at radius 2 is 0.797 bits per heavy atom. The van der Waals surface area contributed by atoms with Gasteiger partial charge in [0.25, 0.3) is 0 Å². The van der Waals surface area contributed by atoms with Crippen LogP contribution in [0.25, 0.3) is 131 Å². The maximum Gasteiger partial charge on any atom is 0.144 e. The zero-order chi connectivity index (χ0) is 38.6. The van der Waals surface area contributed by atoms with Crippen molar-refractivity contribution in [2.45, 2.75) is 0 Å². The van der Waals surface area contributed by atoms with Gasteiger partial charge in [0.15, 0.2) is 0 Å². The molecule has 0 atom stereocenters. The number of rotatable bonds is 3. The van der Waals surface area contributed by atoms with Crippen molar-refractivity contribution in [1.29, 1.82) is 0 Å². The summed E-state index contributed by atoms with van der Waals surface area (Å²) >= 11 is 0. The number of nitrogens with zero attached hydrogens (tertiary/aromatic N) is 2. The van der Waals surface area contributed by atoms with E-state index in [-0.39, 0.29) is 0 Å². The van der Waals surface area contributed by atoms with E-state index >= 15 is 0 Å². The standard InChI is InChI=1S/C56H32N2O/c1-2-16-33(17-3-1)54-46-32-45(34-18-4-5-20-36(34)51(46)42-25-10-13-27-47(42)57-54)50-37-21-6-8-23-39(37)52(40-24-9-7-22-38(40)50)55-44-31-30-41-35-19-12-15-29-49(35)59-56(41)53(44)43-26-11-14-28-48(43)58-55/h1-32H. The Hall–Kier alpha value is -7.88. The van der Waals surface area contributed by atoms with Gasteiger partial charge in [0, 0.05) is 54.2 Å². The molecule has 3 nitrogen and oxygen atoms in total. The van der Waals surface area contributed by atoms with Crippen molar-refractivity contribution < 1.29 is 4.42 Å². The summed E-state index contributed by atoms with van der Waals surface area (Å²) in [5.74, 6) is 0. The zero-order valence-electron chi connectivity index (χ0n) is 31.8. The molecule has 0 aliphatic heterocycles. The van der Waals surface area contributed by atoms with Gasteiger partial charge >= 0.3 is 0 Å². The molecule has 3 heteroatoms. The van der Waals surface area contributed by atoms with Crippen LogP contribution in [0.1, 0.15) is 0 Å². The Bertz CT molecular complexity index is 3840. The molecular formula is C56H32N2O. The zero-order valence-corrected chi connectivity index (χ0v) is 31.8. The van der Waals surface area contributed by atoms with Crippen molar-refractivity contribution in [3.05, 3.63) is 194 Å². The molecule has 0 saturated carbocycles. The third kappa shape index (κ3) is 4.58. The fourth-order valence-corrected chi connectivity index (χ4v) is 9.92. The van der Waals surface area contributed by atoms with Crippen LogP contribution in [0.3, 0.4) is 0 Å². The lowest BCUT2D eigenvalue weighted by molar-refractivity contribution is 0.673. The third-order valence-corrected chi connectivity index (χ3v) is 12.4. The van der Waals surface area contributed by atoms with Crippen LogP contribution in [-0.4, -0.2) is 9.97 Å². The van der Waals surface area contributed by atoms with Gasteiger partial charge in [-0.15, -0.1) is 0 Å². The van der Waals surface area contributed by atoms with Crippen LogP contribution in [0.5, 0.6) is 0 Å². The second-order valence-corrected chi connectivity index (χ2v) is 15.5. The summed E-state index contributed by atoms with van der Waals surface area (Å²) in [6.07, 6.45) is 0. The van der Waals surface area contributed by atoms with E-state index in [1.807, 2.05) is 6.07 Å². The van der Waals surface area contributed by atoms with Gasteiger partial charge in [0.2, 0.25) is 0 Å². The van der Waals surface area contributed by atoms with E-state index in [1.54, 1.807) is 0 Å². The number of furan rings is 1. The Morgan fingerprint density at radius 3 is 1.47 bits per heavy atom. The Balaban J connectivity index is 1.19. The molecule has 0 unspecified atom stereocenters. The lowest BCUT2D eigenvalue weighted by atomic mass is 9.83. The molecule has 0 radical (unpaired) electrons. The first kappa shape index (κ1) is 32.2. The van der Waals surface area contributed by atoms with Crippen LogP contribution in [0, 0.1) is 0 Å². The SMILES string of the molecule is c1ccc(-c2nc3ccccc3c3c2cc(-c2c4ccccc4c(-c4nc5ccccc5c5c4ccc4c6ccccc6oc45)c4ccccc24)c2ccccc23)cc1. The summed E-state index contributed by atoms with van der Waals surface area (Å²) < 4.78 is 6.73. The molecule has 3 heterocycles. The van der Waals surface area contributed by atoms with Crippen LogP contribution >= 0.6 is 0 Å². The summed E-state index contributed by atoms with van der Waals surface area (Å²) in [5.41, 5.74) is 10.3. The molecule has 13 aromatic rings. The second kappa shape index (κ2) is 12.3. The molecule has 13 rings (SSSR count). The van der Waals surface area contributed by atoms with Crippen molar-refractivity contribution in [2.24, 2.45) is 0 Å². The van der Waals surface area contributed by atoms with Crippen LogP contribution in [0.4, 0.5) is 0 Å². The fraction of sp³-hybridized carbons (Fsp3) is 0. The van der Waals surface area contributed by atoms with Gasteiger partial charge in [-0.25, -0.2) is 9.97 Å². The first-order valence-corrected chi connectivity index (χ1v) is 20.2. The first-order valence-electron chi connectivity index (χ1n) is 20.2. The molecule has 0 bridgehead atoms. The molecule has 0 spiro atoms. The highest BCUT2D eigenvalue weighted by molar-refractivity contribution is 6.32. The van der Waals surface area contributed by atoms with Crippen molar-refractivity contribution in [2.75, 3.05) is 0 Å². The number of hydrogen-bond donors (Lipinski definition) is 0. The molecule has 10 aromatic carbocycles. The van der Waals surface area contributed by atoms with Crippen LogP contribution in [0.15, 0.2) is 199 Å². The van der Waals surface area contributed by atoms with Gasteiger partial charge in [0.05, 0.1) is 22.4 Å². The van der Waals surface area contributed by atoms with E-state index in [2.05, 4.69) is 188 Å². The molecule has 0 saturated heterocycles. The van der Waals surface area contributed by atoms with E-state index in [0.717, 1.165) is 93.2 Å². The third-order valence-electron chi connectivity index (χ3n) is 12.4. The maximum atomic E-state index is 6.73. The smallest absolute Gasteiger partial charge is 0.144 e. The van der Waals surface area contributed by atoms with Crippen molar-refractivity contribution in [3.63, 3.8) is 0 Å². The predicted octanol–water partition coefficient (Wildman–Crippen LogP) is 15.4. The molecule has 0 N–H and O–H groups in total. The van der Waals surface area contributed by atoms with Crippen LogP contribution in [-0.2, 0) is 0 Å². The second-order valence-electron chi connectivity index (χ2n) is 15.5. The van der Waals surface area contributed by atoms with Crippen molar-refractivity contribution in [1.82, 2.24) is 9.97 Å². The Morgan fingerprint density at radius 1 is 0.305 bits per heavy atom. The first-order chi connectivity index (χ1) is 29.3. The van der Waals surface area contributed by atoms with E-state index in [1.165, 1.54) is 38.1 Å². The molecule has 0 aliphatic rings. The monoisotopic (exact) mass is 748 g/mol. The minimum atomic E-state index is 0.888. The number of para-hydroxylation sites is 3. The van der Waals surface area contributed by atoms with Crippen molar-refractivity contribution >= 4 is 97.6 Å². The topological polar surface area (TPSA) is 38.9 Å². The van der Waals surface area contributed by atoms with E-state index in [9.17, 15) is 0 Å². The molecule has 59 heavy (non-hydrogen) atoms. The molecule has 3 aromatic heterocycles. The summed E-state index contributed by atoms with van der Waals surface area (Å²) in [7, 11) is 0. The van der Waals surface area contributed by atoms with Gasteiger partial charge < -0.3 is 4.42 Å². The molecule has 272 valence electrons. The maximum absolute atomic E-state index is 6.73. The van der Waals surface area contributed by atoms with E-state index in [0.29, 0.717) is 0 Å². The molecule has 0 aliphatic carbocycles. The molecule has 0 amide bonds. The number of aromatic nitrogens is 2. The predicted molar refractivity (Wildman–Crippen MR) is 248 cm³/mol. The number of pyridine rings is 2. The average Bonchev–Trinajstić information content (AvgIpc) is 3.69. The highest BCUT2D eigenvalue weighted by atomic mass is 16.3. The van der Waals surface area contributed by atoms with Crippen molar-refractivity contribution in [3.8, 4) is 33.6 Å². The fourth-order valence-electron chi connectivity index (χ4n) is 9.92. The Kier molecular flexibility index (Phi) is 6.72. The van der Waals surface area contributed by atoms with E-state index < -0.39 is 0 Å². The number of hydrogen-bond acceptors (Lipinski definition) is 3. The number of benzene rings is 10. The summed E-state index contributed by atoms with van der Waals surface area (Å²) in [6, 6.07) is 69.5. The quantitative estimate of drug-likeness (QED) is 0.133. The highest BCUT2D eigenvalue weighted by Gasteiger charge is 2.24. The summed E-state index contributed by atoms with van der Waals surface area (Å²) in [5, 5.41) is 16.1. The Labute approximate surface area is 338 Å². The van der Waals surface area contributed by atoms with E-state index in [4.69, 9.17) is 14.4 Å². The average molecular weight is 749 g/mol. The lowest BCUT2D eigenvalue weighted by Crippen LogP contribution is -1.96. The summed E-state index contributed by atoms with van der Waals surface area (Å²) in [6.45, 7) is 0. The minimum absolute atomic E-state index is 0.888. The van der Waals surface area contributed by atoms with Gasteiger partial charge in [-0.1, -0.05) is 164 Å². The lowest BCUT2D eigenvalue weighted by Gasteiger charge is -2.21. The van der Waals surface area contributed by atoms with Crippen LogP contribution < -0.4 is 0 Å². The largest absolute Gasteiger partial charge is 0.455 e.